The van der Waals surface area contributed by atoms with Crippen molar-refractivity contribution >= 4 is 66.1 Å². The van der Waals surface area contributed by atoms with E-state index in [-0.39, 0.29) is 5.97 Å². The minimum atomic E-state index is -0.293. The number of fused-ring (bicyclic) bond motifs is 4. The highest BCUT2D eigenvalue weighted by molar-refractivity contribution is 7.24. The van der Waals surface area contributed by atoms with Crippen molar-refractivity contribution < 1.29 is 14.1 Å². The molecule has 0 radical (unpaired) electrons. The molecule has 0 N–H and O–H groups in total. The topological polar surface area (TPSA) is 34.6 Å². The maximum Gasteiger partial charge on any atom is 0.355 e. The van der Waals surface area contributed by atoms with E-state index in [1.54, 1.807) is 22.7 Å². The van der Waals surface area contributed by atoms with Crippen LogP contribution in [0.1, 0.15) is 28.0 Å². The van der Waals surface area contributed by atoms with E-state index >= 15 is 0 Å². The van der Waals surface area contributed by atoms with Crippen molar-refractivity contribution in [2.24, 2.45) is 7.05 Å². The van der Waals surface area contributed by atoms with Crippen molar-refractivity contribution in [1.29, 1.82) is 0 Å². The van der Waals surface area contributed by atoms with Crippen LogP contribution in [-0.2, 0) is 11.8 Å². The maximum atomic E-state index is 12.6. The summed E-state index contributed by atoms with van der Waals surface area (Å²) in [6.07, 6.45) is 4.22. The summed E-state index contributed by atoms with van der Waals surface area (Å²) in [4.78, 5) is 13.6. The molecule has 0 spiro atoms. The predicted molar refractivity (Wildman–Crippen MR) is 121 cm³/mol. The van der Waals surface area contributed by atoms with Crippen molar-refractivity contribution in [1.82, 2.24) is 4.40 Å². The monoisotopic (exact) mass is 419 g/mol. The quantitative estimate of drug-likeness (QED) is 0.283. The molecule has 0 aliphatic heterocycles. The second-order valence-electron chi connectivity index (χ2n) is 6.72. The van der Waals surface area contributed by atoms with E-state index in [0.717, 1.165) is 25.6 Å². The van der Waals surface area contributed by atoms with E-state index in [2.05, 4.69) is 54.1 Å². The molecule has 0 saturated heterocycles. The number of thiazole rings is 2. The van der Waals surface area contributed by atoms with Crippen LogP contribution in [0.3, 0.4) is 0 Å². The third kappa shape index (κ3) is 2.96. The number of hydrogen-bond donors (Lipinski definition) is 0. The maximum absolute atomic E-state index is 12.6. The number of rotatable bonds is 4. The van der Waals surface area contributed by atoms with Crippen molar-refractivity contribution in [3.05, 3.63) is 70.9 Å². The van der Waals surface area contributed by atoms with E-state index < -0.39 is 0 Å². The van der Waals surface area contributed by atoms with E-state index in [9.17, 15) is 4.79 Å². The van der Waals surface area contributed by atoms with Crippen LogP contribution in [0.4, 0.5) is 0 Å². The first-order valence-corrected chi connectivity index (χ1v) is 11.1. The number of aryl methyl sites for hydroxylation is 1. The lowest BCUT2D eigenvalue weighted by molar-refractivity contribution is -0.642. The molecule has 6 heteroatoms. The molecule has 0 aliphatic rings. The number of para-hydroxylation sites is 2. The fourth-order valence-electron chi connectivity index (χ4n) is 3.59. The zero-order chi connectivity index (χ0) is 20.0. The zero-order valence-electron chi connectivity index (χ0n) is 16.1. The third-order valence-corrected chi connectivity index (χ3v) is 7.32. The molecule has 0 atom stereocenters. The Morgan fingerprint density at radius 2 is 1.83 bits per heavy atom. The number of hydrogen-bond acceptors (Lipinski definition) is 4. The SMILES string of the molecule is CCOC(=O)c1cc(C=Cc2sc3ccccc3[n+]2C)c2sc3ccccc3n12. The Morgan fingerprint density at radius 3 is 2.62 bits per heavy atom. The number of nitrogens with zero attached hydrogens (tertiary/aromatic N) is 2. The highest BCUT2D eigenvalue weighted by Gasteiger charge is 2.20. The molecule has 0 aliphatic carbocycles. The average Bonchev–Trinajstić information content (AvgIpc) is 3.38. The molecule has 0 unspecified atom stereocenters. The minimum Gasteiger partial charge on any atom is -0.461 e. The lowest BCUT2D eigenvalue weighted by Crippen LogP contribution is -2.28. The normalized spacial score (nSPS) is 11.9. The fraction of sp³-hybridized carbons (Fsp3) is 0.130. The Balaban J connectivity index is 1.67. The van der Waals surface area contributed by atoms with Crippen molar-refractivity contribution in [3.8, 4) is 0 Å². The van der Waals surface area contributed by atoms with Gasteiger partial charge in [-0.2, -0.15) is 4.57 Å². The van der Waals surface area contributed by atoms with Gasteiger partial charge in [0.2, 0.25) is 5.52 Å². The summed E-state index contributed by atoms with van der Waals surface area (Å²) >= 11 is 3.45. The number of esters is 1. The standard InChI is InChI=1S/C23H19N2O2S2/c1-3-27-23(26)18-14-15(22-25(18)17-9-5-7-11-20(17)29-22)12-13-21-24(2)16-8-4-6-10-19(16)28-21/h4-14H,3H2,1-2H3/q+1. The molecular weight excluding hydrogens is 400 g/mol. The molecule has 3 aromatic heterocycles. The average molecular weight is 420 g/mol. The van der Waals surface area contributed by atoms with Crippen LogP contribution in [0.2, 0.25) is 0 Å². The fourth-order valence-corrected chi connectivity index (χ4v) is 5.79. The molecule has 0 fully saturated rings. The summed E-state index contributed by atoms with van der Waals surface area (Å²) in [6.45, 7) is 2.19. The largest absolute Gasteiger partial charge is 0.461 e. The Hall–Kier alpha value is -2.96. The third-order valence-electron chi connectivity index (χ3n) is 4.96. The molecule has 0 amide bonds. The van der Waals surface area contributed by atoms with Crippen LogP contribution in [-0.4, -0.2) is 17.0 Å². The second kappa shape index (κ2) is 7.13. The summed E-state index contributed by atoms with van der Waals surface area (Å²) in [6, 6.07) is 18.5. The highest BCUT2D eigenvalue weighted by atomic mass is 32.1. The first kappa shape index (κ1) is 18.1. The molecule has 3 heterocycles. The molecular formula is C23H19N2O2S2+. The van der Waals surface area contributed by atoms with Gasteiger partial charge in [0.1, 0.15) is 22.3 Å². The first-order valence-electron chi connectivity index (χ1n) is 9.43. The van der Waals surface area contributed by atoms with Crippen LogP contribution in [0.15, 0.2) is 54.6 Å². The van der Waals surface area contributed by atoms with Gasteiger partial charge in [0.25, 0.3) is 5.01 Å². The van der Waals surface area contributed by atoms with Gasteiger partial charge in [0.05, 0.1) is 16.8 Å². The molecule has 29 heavy (non-hydrogen) atoms. The van der Waals surface area contributed by atoms with Gasteiger partial charge < -0.3 is 4.74 Å². The van der Waals surface area contributed by atoms with Crippen molar-refractivity contribution in [3.63, 3.8) is 0 Å². The Morgan fingerprint density at radius 1 is 1.07 bits per heavy atom. The van der Waals surface area contributed by atoms with Gasteiger partial charge in [-0.3, -0.25) is 4.40 Å². The Kier molecular flexibility index (Phi) is 4.45. The van der Waals surface area contributed by atoms with Crippen LogP contribution in [0.25, 0.3) is 37.4 Å². The van der Waals surface area contributed by atoms with E-state index in [1.165, 1.54) is 10.2 Å². The smallest absolute Gasteiger partial charge is 0.355 e. The molecule has 5 rings (SSSR count). The summed E-state index contributed by atoms with van der Waals surface area (Å²) in [5.41, 5.74) is 3.84. The number of ether oxygens (including phenoxy) is 1. The van der Waals surface area contributed by atoms with Gasteiger partial charge >= 0.3 is 5.97 Å². The Labute approximate surface area is 175 Å². The Bertz CT molecular complexity index is 1400. The van der Waals surface area contributed by atoms with Gasteiger partial charge in [-0.15, -0.1) is 11.3 Å². The zero-order valence-corrected chi connectivity index (χ0v) is 17.7. The first-order chi connectivity index (χ1) is 14.2. The molecule has 144 valence electrons. The summed E-state index contributed by atoms with van der Waals surface area (Å²) in [5.74, 6) is -0.293. The molecule has 5 aromatic rings. The number of aromatic nitrogens is 2. The molecule has 4 nitrogen and oxygen atoms in total. The van der Waals surface area contributed by atoms with Crippen LogP contribution in [0.5, 0.6) is 0 Å². The van der Waals surface area contributed by atoms with Gasteiger partial charge in [-0.25, -0.2) is 4.79 Å². The second-order valence-corrected chi connectivity index (χ2v) is 8.81. The van der Waals surface area contributed by atoms with Crippen LogP contribution in [0, 0.1) is 0 Å². The number of carbonyl (C=O) groups excluding carboxylic acids is 1. The van der Waals surface area contributed by atoms with Crippen molar-refractivity contribution in [2.45, 2.75) is 6.92 Å². The van der Waals surface area contributed by atoms with Crippen LogP contribution < -0.4 is 4.57 Å². The summed E-state index contributed by atoms with van der Waals surface area (Å²) < 4.78 is 11.9. The van der Waals surface area contributed by atoms with Gasteiger partial charge in [-0.05, 0) is 37.3 Å². The predicted octanol–water partition coefficient (Wildman–Crippen LogP) is 5.54. The number of benzene rings is 2. The van der Waals surface area contributed by atoms with E-state index in [1.807, 2.05) is 35.6 Å². The van der Waals surface area contributed by atoms with Gasteiger partial charge in [0.15, 0.2) is 0 Å². The molecule has 2 aromatic carbocycles. The minimum absolute atomic E-state index is 0.293. The summed E-state index contributed by atoms with van der Waals surface area (Å²) in [5, 5.41) is 1.16. The summed E-state index contributed by atoms with van der Waals surface area (Å²) in [7, 11) is 2.08. The van der Waals surface area contributed by atoms with E-state index in [0.29, 0.717) is 12.3 Å². The van der Waals surface area contributed by atoms with Crippen LogP contribution >= 0.6 is 22.7 Å². The van der Waals surface area contributed by atoms with Crippen molar-refractivity contribution in [2.75, 3.05) is 6.61 Å². The highest BCUT2D eigenvalue weighted by Crippen LogP contribution is 2.33. The van der Waals surface area contributed by atoms with Gasteiger partial charge in [-0.1, -0.05) is 35.6 Å². The molecule has 0 bridgehead atoms. The molecule has 0 saturated carbocycles. The lowest BCUT2D eigenvalue weighted by atomic mass is 10.3. The van der Waals surface area contributed by atoms with Gasteiger partial charge in [0, 0.05) is 17.7 Å². The lowest BCUT2D eigenvalue weighted by Gasteiger charge is -2.01. The number of carbonyl (C=O) groups is 1. The van der Waals surface area contributed by atoms with E-state index in [4.69, 9.17) is 4.74 Å².